The van der Waals surface area contributed by atoms with Crippen molar-refractivity contribution in [3.63, 3.8) is 0 Å². The highest BCUT2D eigenvalue weighted by atomic mass is 32.1. The summed E-state index contributed by atoms with van der Waals surface area (Å²) >= 11 is 1.71. The van der Waals surface area contributed by atoms with E-state index in [1.165, 1.54) is 5.01 Å². The fourth-order valence-electron chi connectivity index (χ4n) is 2.40. The van der Waals surface area contributed by atoms with Gasteiger partial charge >= 0.3 is 0 Å². The van der Waals surface area contributed by atoms with Crippen molar-refractivity contribution in [1.29, 1.82) is 0 Å². The van der Waals surface area contributed by atoms with E-state index in [4.69, 9.17) is 4.74 Å². The standard InChI is InChI=1S/C13H16N4OS/c1-18-13-10-2-5-17(8-12-14-4-7-19-12)6-3-11(10)15-9-16-13/h4,7,9H,2-3,5-6,8H2,1H3. The highest BCUT2D eigenvalue weighted by Crippen LogP contribution is 2.22. The summed E-state index contributed by atoms with van der Waals surface area (Å²) in [6, 6.07) is 0. The van der Waals surface area contributed by atoms with Gasteiger partial charge in [-0.1, -0.05) is 0 Å². The largest absolute Gasteiger partial charge is 0.481 e. The van der Waals surface area contributed by atoms with E-state index in [0.717, 1.165) is 49.6 Å². The summed E-state index contributed by atoms with van der Waals surface area (Å²) in [4.78, 5) is 15.3. The molecule has 6 heteroatoms. The number of ether oxygens (including phenoxy) is 1. The van der Waals surface area contributed by atoms with Crippen LogP contribution in [-0.2, 0) is 19.4 Å². The summed E-state index contributed by atoms with van der Waals surface area (Å²) < 4.78 is 5.33. The second-order valence-corrected chi connectivity index (χ2v) is 5.49. The van der Waals surface area contributed by atoms with E-state index in [9.17, 15) is 0 Å². The minimum atomic E-state index is 0.723. The van der Waals surface area contributed by atoms with Crippen molar-refractivity contribution in [3.05, 3.63) is 34.2 Å². The Bertz CT molecular complexity index is 544. The van der Waals surface area contributed by atoms with Crippen molar-refractivity contribution < 1.29 is 4.74 Å². The van der Waals surface area contributed by atoms with E-state index in [2.05, 4.69) is 19.9 Å². The van der Waals surface area contributed by atoms with E-state index in [0.29, 0.717) is 0 Å². The lowest BCUT2D eigenvalue weighted by Crippen LogP contribution is -2.25. The zero-order valence-electron chi connectivity index (χ0n) is 10.9. The Morgan fingerprint density at radius 1 is 1.26 bits per heavy atom. The normalized spacial score (nSPS) is 15.8. The van der Waals surface area contributed by atoms with Crippen molar-refractivity contribution in [2.75, 3.05) is 20.2 Å². The van der Waals surface area contributed by atoms with E-state index < -0.39 is 0 Å². The van der Waals surface area contributed by atoms with Crippen LogP contribution in [0.1, 0.15) is 16.3 Å². The molecule has 2 aromatic rings. The molecule has 2 aromatic heterocycles. The van der Waals surface area contributed by atoms with Crippen LogP contribution < -0.4 is 4.74 Å². The number of rotatable bonds is 3. The maximum Gasteiger partial charge on any atom is 0.219 e. The molecule has 0 radical (unpaired) electrons. The maximum atomic E-state index is 5.33. The van der Waals surface area contributed by atoms with Crippen LogP contribution in [0.15, 0.2) is 17.9 Å². The SMILES string of the molecule is COc1ncnc2c1CCN(Cc1nccs1)CC2. The molecule has 0 saturated carbocycles. The van der Waals surface area contributed by atoms with Crippen molar-refractivity contribution in [1.82, 2.24) is 19.9 Å². The van der Waals surface area contributed by atoms with Gasteiger partial charge in [0.05, 0.1) is 19.3 Å². The first-order valence-electron chi connectivity index (χ1n) is 6.34. The molecule has 1 aliphatic heterocycles. The quantitative estimate of drug-likeness (QED) is 0.851. The number of aromatic nitrogens is 3. The van der Waals surface area contributed by atoms with Gasteiger partial charge < -0.3 is 4.74 Å². The topological polar surface area (TPSA) is 51.1 Å². The van der Waals surface area contributed by atoms with Gasteiger partial charge in [0, 0.05) is 36.7 Å². The molecule has 0 saturated heterocycles. The van der Waals surface area contributed by atoms with E-state index in [1.807, 2.05) is 11.6 Å². The van der Waals surface area contributed by atoms with Crippen LogP contribution in [0.2, 0.25) is 0 Å². The molecule has 0 fully saturated rings. The number of hydrogen-bond donors (Lipinski definition) is 0. The molecular formula is C13H16N4OS. The molecule has 0 aliphatic carbocycles. The summed E-state index contributed by atoms with van der Waals surface area (Å²) in [5, 5.41) is 3.19. The summed E-state index contributed by atoms with van der Waals surface area (Å²) in [5.74, 6) is 0.723. The Morgan fingerprint density at radius 3 is 2.95 bits per heavy atom. The summed E-state index contributed by atoms with van der Waals surface area (Å²) in [6.07, 6.45) is 5.33. The average Bonchev–Trinajstić information content (AvgIpc) is 2.86. The predicted molar refractivity (Wildman–Crippen MR) is 73.4 cm³/mol. The van der Waals surface area contributed by atoms with Crippen molar-refractivity contribution in [3.8, 4) is 5.88 Å². The zero-order chi connectivity index (χ0) is 13.1. The third-order valence-corrected chi connectivity index (χ3v) is 4.14. The minimum absolute atomic E-state index is 0.723. The third-order valence-electron chi connectivity index (χ3n) is 3.37. The second kappa shape index (κ2) is 5.63. The Morgan fingerprint density at radius 2 is 2.16 bits per heavy atom. The lowest BCUT2D eigenvalue weighted by Gasteiger charge is -2.17. The lowest BCUT2D eigenvalue weighted by atomic mass is 10.1. The van der Waals surface area contributed by atoms with Gasteiger partial charge in [-0.05, 0) is 6.42 Å². The molecule has 0 atom stereocenters. The molecule has 1 aliphatic rings. The molecule has 100 valence electrons. The molecule has 3 heterocycles. The smallest absolute Gasteiger partial charge is 0.219 e. The van der Waals surface area contributed by atoms with Gasteiger partial charge in [-0.15, -0.1) is 11.3 Å². The van der Waals surface area contributed by atoms with Crippen LogP contribution in [-0.4, -0.2) is 40.1 Å². The molecule has 0 unspecified atom stereocenters. The van der Waals surface area contributed by atoms with Crippen LogP contribution in [0, 0.1) is 0 Å². The molecule has 0 amide bonds. The number of fused-ring (bicyclic) bond motifs is 1. The molecule has 0 spiro atoms. The number of methoxy groups -OCH3 is 1. The molecule has 3 rings (SSSR count). The van der Waals surface area contributed by atoms with E-state index in [-0.39, 0.29) is 0 Å². The highest BCUT2D eigenvalue weighted by Gasteiger charge is 2.19. The monoisotopic (exact) mass is 276 g/mol. The number of thiazole rings is 1. The Balaban J connectivity index is 1.74. The van der Waals surface area contributed by atoms with Crippen LogP contribution >= 0.6 is 11.3 Å². The number of nitrogens with zero attached hydrogens (tertiary/aromatic N) is 4. The van der Waals surface area contributed by atoms with Gasteiger partial charge in [-0.2, -0.15) is 0 Å². The lowest BCUT2D eigenvalue weighted by molar-refractivity contribution is 0.278. The Labute approximate surface area is 116 Å². The highest BCUT2D eigenvalue weighted by molar-refractivity contribution is 7.09. The second-order valence-electron chi connectivity index (χ2n) is 4.51. The Hall–Kier alpha value is -1.53. The minimum Gasteiger partial charge on any atom is -0.481 e. The molecule has 19 heavy (non-hydrogen) atoms. The molecule has 0 bridgehead atoms. The molecule has 0 aromatic carbocycles. The fraction of sp³-hybridized carbons (Fsp3) is 0.462. The first-order chi connectivity index (χ1) is 9.36. The average molecular weight is 276 g/mol. The summed E-state index contributed by atoms with van der Waals surface area (Å²) in [6.45, 7) is 2.92. The van der Waals surface area contributed by atoms with Crippen LogP contribution in [0.4, 0.5) is 0 Å². The van der Waals surface area contributed by atoms with Gasteiger partial charge in [-0.25, -0.2) is 15.0 Å². The van der Waals surface area contributed by atoms with Crippen LogP contribution in [0.25, 0.3) is 0 Å². The first kappa shape index (κ1) is 12.5. The van der Waals surface area contributed by atoms with Crippen molar-refractivity contribution >= 4 is 11.3 Å². The van der Waals surface area contributed by atoms with Crippen molar-refractivity contribution in [2.45, 2.75) is 19.4 Å². The van der Waals surface area contributed by atoms with Crippen LogP contribution in [0.3, 0.4) is 0 Å². The van der Waals surface area contributed by atoms with E-state index >= 15 is 0 Å². The van der Waals surface area contributed by atoms with Gasteiger partial charge in [0.2, 0.25) is 5.88 Å². The third kappa shape index (κ3) is 2.74. The van der Waals surface area contributed by atoms with E-state index in [1.54, 1.807) is 24.8 Å². The van der Waals surface area contributed by atoms with Crippen molar-refractivity contribution in [2.24, 2.45) is 0 Å². The number of hydrogen-bond acceptors (Lipinski definition) is 6. The predicted octanol–water partition coefficient (Wildman–Crippen LogP) is 1.54. The first-order valence-corrected chi connectivity index (χ1v) is 7.22. The zero-order valence-corrected chi connectivity index (χ0v) is 11.7. The summed E-state index contributed by atoms with van der Waals surface area (Å²) in [7, 11) is 1.67. The summed E-state index contributed by atoms with van der Waals surface area (Å²) in [5.41, 5.74) is 2.28. The van der Waals surface area contributed by atoms with Gasteiger partial charge in [0.25, 0.3) is 0 Å². The maximum absolute atomic E-state index is 5.33. The fourth-order valence-corrected chi connectivity index (χ4v) is 3.06. The van der Waals surface area contributed by atoms with Crippen LogP contribution in [0.5, 0.6) is 5.88 Å². The molecular weight excluding hydrogens is 260 g/mol. The Kier molecular flexibility index (Phi) is 3.70. The molecule has 0 N–H and O–H groups in total. The van der Waals surface area contributed by atoms with Gasteiger partial charge in [0.1, 0.15) is 11.3 Å². The van der Waals surface area contributed by atoms with Gasteiger partial charge in [0.15, 0.2) is 0 Å². The van der Waals surface area contributed by atoms with Gasteiger partial charge in [-0.3, -0.25) is 4.90 Å². The molecule has 5 nitrogen and oxygen atoms in total.